The van der Waals surface area contributed by atoms with Gasteiger partial charge in [-0.15, -0.1) is 10.2 Å². The lowest BCUT2D eigenvalue weighted by Gasteiger charge is -2.34. The third kappa shape index (κ3) is 4.84. The highest BCUT2D eigenvalue weighted by Gasteiger charge is 2.49. The Kier molecular flexibility index (Phi) is 6.27. The molecule has 1 saturated carbocycles. The van der Waals surface area contributed by atoms with Crippen molar-refractivity contribution in [1.29, 1.82) is 0 Å². The number of amides is 1. The third-order valence-corrected chi connectivity index (χ3v) is 7.41. The summed E-state index contributed by atoms with van der Waals surface area (Å²) in [7, 11) is 2.09. The molecule has 0 unspecified atom stereocenters. The van der Waals surface area contributed by atoms with Gasteiger partial charge in [-0.1, -0.05) is 30.3 Å². The molecule has 2 fully saturated rings. The Balaban J connectivity index is 1.27. The molecule has 1 aliphatic carbocycles. The Bertz CT molecular complexity index is 1230. The molecule has 5 rings (SSSR count). The van der Waals surface area contributed by atoms with Gasteiger partial charge in [-0.05, 0) is 82.7 Å². The quantitative estimate of drug-likeness (QED) is 0.524. The maximum absolute atomic E-state index is 12.1. The zero-order chi connectivity index (χ0) is 25.5. The van der Waals surface area contributed by atoms with Crippen LogP contribution in [0.15, 0.2) is 48.5 Å². The number of rotatable bonds is 5. The Morgan fingerprint density at radius 1 is 1.06 bits per heavy atom. The van der Waals surface area contributed by atoms with Crippen LogP contribution in [-0.4, -0.2) is 45.6 Å². The Morgan fingerprint density at radius 2 is 1.75 bits per heavy atom. The van der Waals surface area contributed by atoms with E-state index in [9.17, 15) is 4.79 Å². The third-order valence-electron chi connectivity index (χ3n) is 7.41. The first-order chi connectivity index (χ1) is 17.2. The van der Waals surface area contributed by atoms with Crippen molar-refractivity contribution >= 4 is 11.8 Å². The van der Waals surface area contributed by atoms with E-state index in [1.54, 1.807) is 0 Å². The molecular weight excluding hydrogens is 450 g/mol. The number of aromatic nitrogens is 3. The van der Waals surface area contributed by atoms with Crippen molar-refractivity contribution in [3.63, 3.8) is 0 Å². The minimum atomic E-state index is -0.478. The number of alkyl carbamates (subject to hydrolysis) is 1. The summed E-state index contributed by atoms with van der Waals surface area (Å²) in [6.45, 7) is 9.59. The SMILES string of the molecule is Cc1cc(N2CCC(NC(=O)OC(C)(C)C)CC2)ccc1-c1nnc(C2(c3ccccc3)CC2)n1C. The molecule has 2 aliphatic rings. The van der Waals surface area contributed by atoms with Crippen LogP contribution in [0.4, 0.5) is 10.5 Å². The summed E-state index contributed by atoms with van der Waals surface area (Å²) in [4.78, 5) is 14.5. The molecule has 36 heavy (non-hydrogen) atoms. The molecule has 2 aromatic carbocycles. The molecule has 2 heterocycles. The fraction of sp³-hybridized carbons (Fsp3) is 0.483. The van der Waals surface area contributed by atoms with E-state index in [4.69, 9.17) is 4.74 Å². The normalized spacial score (nSPS) is 17.6. The van der Waals surface area contributed by atoms with Gasteiger partial charge in [0.1, 0.15) is 11.4 Å². The van der Waals surface area contributed by atoms with Gasteiger partial charge in [0.2, 0.25) is 0 Å². The number of hydrogen-bond donors (Lipinski definition) is 1. The zero-order valence-corrected chi connectivity index (χ0v) is 22.0. The number of carbonyl (C=O) groups is 1. The Hall–Kier alpha value is -3.35. The second-order valence-electron chi connectivity index (χ2n) is 11.3. The van der Waals surface area contributed by atoms with E-state index in [-0.39, 0.29) is 17.6 Å². The van der Waals surface area contributed by atoms with Crippen LogP contribution >= 0.6 is 0 Å². The molecule has 0 bridgehead atoms. The lowest BCUT2D eigenvalue weighted by Crippen LogP contribution is -2.46. The maximum Gasteiger partial charge on any atom is 0.407 e. The maximum atomic E-state index is 12.1. The van der Waals surface area contributed by atoms with Crippen molar-refractivity contribution in [2.45, 2.75) is 70.4 Å². The molecule has 190 valence electrons. The molecule has 0 atom stereocenters. The number of benzene rings is 2. The predicted molar refractivity (Wildman–Crippen MR) is 142 cm³/mol. The van der Waals surface area contributed by atoms with Gasteiger partial charge in [-0.2, -0.15) is 0 Å². The number of hydrogen-bond acceptors (Lipinski definition) is 5. The fourth-order valence-corrected chi connectivity index (χ4v) is 5.36. The summed E-state index contributed by atoms with van der Waals surface area (Å²) in [5.74, 6) is 1.96. The molecule has 1 amide bonds. The van der Waals surface area contributed by atoms with Crippen LogP contribution in [0.25, 0.3) is 11.4 Å². The molecule has 0 radical (unpaired) electrons. The summed E-state index contributed by atoms with van der Waals surface area (Å²) >= 11 is 0. The summed E-state index contributed by atoms with van der Waals surface area (Å²) in [6.07, 6.45) is 3.69. The lowest BCUT2D eigenvalue weighted by atomic mass is 9.95. The van der Waals surface area contributed by atoms with Crippen LogP contribution in [0.2, 0.25) is 0 Å². The second kappa shape index (κ2) is 9.26. The fourth-order valence-electron chi connectivity index (χ4n) is 5.36. The first-order valence-corrected chi connectivity index (χ1v) is 13.0. The number of nitrogens with zero attached hydrogens (tertiary/aromatic N) is 4. The van der Waals surface area contributed by atoms with Gasteiger partial charge in [0.15, 0.2) is 5.82 Å². The molecule has 1 N–H and O–H groups in total. The van der Waals surface area contributed by atoms with Crippen molar-refractivity contribution in [1.82, 2.24) is 20.1 Å². The zero-order valence-electron chi connectivity index (χ0n) is 22.0. The van der Waals surface area contributed by atoms with E-state index < -0.39 is 5.60 Å². The van der Waals surface area contributed by atoms with Crippen molar-refractivity contribution in [3.05, 3.63) is 65.5 Å². The highest BCUT2D eigenvalue weighted by molar-refractivity contribution is 5.68. The van der Waals surface area contributed by atoms with Crippen LogP contribution in [-0.2, 0) is 17.2 Å². The number of piperidine rings is 1. The summed E-state index contributed by atoms with van der Waals surface area (Å²) in [6, 6.07) is 17.4. The van der Waals surface area contributed by atoms with Crippen molar-refractivity contribution < 1.29 is 9.53 Å². The van der Waals surface area contributed by atoms with Crippen molar-refractivity contribution in [2.75, 3.05) is 18.0 Å². The molecule has 1 aliphatic heterocycles. The van der Waals surface area contributed by atoms with Crippen LogP contribution < -0.4 is 10.2 Å². The number of carbonyl (C=O) groups excluding carboxylic acids is 1. The second-order valence-corrected chi connectivity index (χ2v) is 11.3. The number of anilines is 1. The standard InChI is InChI=1S/C29H37N5O2/c1-20-19-23(34-17-13-22(14-18-34)30-27(35)36-28(2,3)4)11-12-24(20)25-31-32-26(33(25)5)29(15-16-29)21-9-7-6-8-10-21/h6-12,19,22H,13-18H2,1-5H3,(H,30,35). The molecule has 3 aromatic rings. The summed E-state index contributed by atoms with van der Waals surface area (Å²) < 4.78 is 7.58. The molecule has 7 nitrogen and oxygen atoms in total. The van der Waals surface area contributed by atoms with Crippen LogP contribution in [0.3, 0.4) is 0 Å². The molecule has 1 aromatic heterocycles. The highest BCUT2D eigenvalue weighted by Crippen LogP contribution is 2.53. The van der Waals surface area contributed by atoms with Gasteiger partial charge in [0.25, 0.3) is 0 Å². The van der Waals surface area contributed by atoms with E-state index in [1.165, 1.54) is 16.8 Å². The number of aryl methyl sites for hydroxylation is 1. The van der Waals surface area contributed by atoms with Gasteiger partial charge in [-0.3, -0.25) is 0 Å². The largest absolute Gasteiger partial charge is 0.444 e. The van der Waals surface area contributed by atoms with Gasteiger partial charge >= 0.3 is 6.09 Å². The topological polar surface area (TPSA) is 72.3 Å². The van der Waals surface area contributed by atoms with Crippen LogP contribution in [0.5, 0.6) is 0 Å². The monoisotopic (exact) mass is 487 g/mol. The number of nitrogens with one attached hydrogen (secondary N) is 1. The summed E-state index contributed by atoms with van der Waals surface area (Å²) in [5, 5.41) is 12.3. The smallest absolute Gasteiger partial charge is 0.407 e. The van der Waals surface area contributed by atoms with E-state index in [0.717, 1.165) is 56.0 Å². The van der Waals surface area contributed by atoms with Gasteiger partial charge in [0.05, 0.1) is 5.41 Å². The van der Waals surface area contributed by atoms with Crippen molar-refractivity contribution in [2.24, 2.45) is 7.05 Å². The van der Waals surface area contributed by atoms with E-state index in [2.05, 4.69) is 87.5 Å². The number of ether oxygens (including phenoxy) is 1. The van der Waals surface area contributed by atoms with Crippen LogP contribution in [0.1, 0.15) is 63.4 Å². The van der Waals surface area contributed by atoms with Gasteiger partial charge < -0.3 is 19.5 Å². The van der Waals surface area contributed by atoms with Gasteiger partial charge in [0, 0.05) is 37.4 Å². The van der Waals surface area contributed by atoms with Gasteiger partial charge in [-0.25, -0.2) is 4.79 Å². The minimum Gasteiger partial charge on any atom is -0.444 e. The lowest BCUT2D eigenvalue weighted by molar-refractivity contribution is 0.0497. The Labute approximate surface area is 213 Å². The predicted octanol–water partition coefficient (Wildman–Crippen LogP) is 5.36. The first kappa shape index (κ1) is 24.3. The molecule has 0 spiro atoms. The van der Waals surface area contributed by atoms with E-state index >= 15 is 0 Å². The average Bonchev–Trinajstić information content (AvgIpc) is 3.55. The average molecular weight is 488 g/mol. The van der Waals surface area contributed by atoms with E-state index in [0.29, 0.717) is 0 Å². The van der Waals surface area contributed by atoms with Crippen LogP contribution in [0, 0.1) is 6.92 Å². The highest BCUT2D eigenvalue weighted by atomic mass is 16.6. The molecule has 7 heteroatoms. The molecular formula is C29H37N5O2. The Morgan fingerprint density at radius 3 is 2.36 bits per heavy atom. The summed E-state index contributed by atoms with van der Waals surface area (Å²) in [5.41, 5.74) is 4.35. The minimum absolute atomic E-state index is 0.00716. The molecule has 1 saturated heterocycles. The first-order valence-electron chi connectivity index (χ1n) is 13.0. The van der Waals surface area contributed by atoms with Crippen molar-refractivity contribution in [3.8, 4) is 11.4 Å². The van der Waals surface area contributed by atoms with E-state index in [1.807, 2.05) is 20.8 Å².